The highest BCUT2D eigenvalue weighted by Crippen LogP contribution is 2.54. The molecule has 0 fully saturated rings. The van der Waals surface area contributed by atoms with Gasteiger partial charge in [-0.05, 0) is 24.5 Å². The molecule has 0 aliphatic heterocycles. The Morgan fingerprint density at radius 1 is 1.47 bits per heavy atom. The largest absolute Gasteiger partial charge is 0.480 e. The van der Waals surface area contributed by atoms with Crippen molar-refractivity contribution in [3.05, 3.63) is 35.4 Å². The van der Waals surface area contributed by atoms with E-state index in [1.807, 2.05) is 0 Å². The van der Waals surface area contributed by atoms with Gasteiger partial charge in [0.05, 0.1) is 0 Å². The normalized spacial score (nSPS) is 16.7. The van der Waals surface area contributed by atoms with Gasteiger partial charge in [-0.2, -0.15) is 0 Å². The molecule has 1 aromatic carbocycles. The van der Waals surface area contributed by atoms with Crippen LogP contribution in [-0.4, -0.2) is 32.0 Å². The van der Waals surface area contributed by atoms with Crippen molar-refractivity contribution in [3.8, 4) is 0 Å². The van der Waals surface area contributed by atoms with Gasteiger partial charge in [0.25, 0.3) is 0 Å². The average molecular weight is 289 g/mol. The van der Waals surface area contributed by atoms with Gasteiger partial charge in [-0.3, -0.25) is 9.36 Å². The minimum absolute atomic E-state index is 0.000409. The highest BCUT2D eigenvalue weighted by atomic mass is 31.2. The number of benzene rings is 1. The first-order chi connectivity index (χ1) is 8.55. The third kappa shape index (κ3) is 3.62. The van der Waals surface area contributed by atoms with Crippen LogP contribution in [0, 0.1) is 0 Å². The van der Waals surface area contributed by atoms with Gasteiger partial charge in [0.15, 0.2) is 5.34 Å². The zero-order valence-electron chi connectivity index (χ0n) is 10.2. The van der Waals surface area contributed by atoms with Crippen LogP contribution < -0.4 is 5.73 Å². The Labute approximate surface area is 109 Å². The van der Waals surface area contributed by atoms with Crippen LogP contribution in [0.2, 0.25) is 0 Å². The van der Waals surface area contributed by atoms with Gasteiger partial charge in [-0.25, -0.2) is 0 Å². The highest BCUT2D eigenvalue weighted by Gasteiger charge is 2.42. The fourth-order valence-electron chi connectivity index (χ4n) is 1.50. The van der Waals surface area contributed by atoms with Crippen molar-refractivity contribution in [3.63, 3.8) is 0 Å². The lowest BCUT2D eigenvalue weighted by Gasteiger charge is -2.25. The van der Waals surface area contributed by atoms with Gasteiger partial charge in [0.1, 0.15) is 6.04 Å². The zero-order chi connectivity index (χ0) is 14.8. The minimum Gasteiger partial charge on any atom is -0.480 e. The Bertz CT molecular complexity index is 524. The summed E-state index contributed by atoms with van der Waals surface area (Å²) >= 11 is 0. The summed E-state index contributed by atoms with van der Waals surface area (Å²) in [5, 5.41) is 16.3. The van der Waals surface area contributed by atoms with Crippen LogP contribution in [0.1, 0.15) is 18.1 Å². The first-order valence-corrected chi connectivity index (χ1v) is 7.03. The number of rotatable bonds is 5. The van der Waals surface area contributed by atoms with E-state index in [-0.39, 0.29) is 12.0 Å². The smallest absolute Gasteiger partial charge is 0.361 e. The monoisotopic (exact) mass is 289 g/mol. The molecule has 8 heteroatoms. The maximum Gasteiger partial charge on any atom is 0.361 e. The maximum absolute atomic E-state index is 11.2. The van der Waals surface area contributed by atoms with Crippen LogP contribution in [0.25, 0.3) is 0 Å². The molecule has 19 heavy (non-hydrogen) atoms. The first kappa shape index (κ1) is 15.8. The lowest BCUT2D eigenvalue weighted by atomic mass is 10.0. The van der Waals surface area contributed by atoms with Gasteiger partial charge >= 0.3 is 13.6 Å². The molecular weight excluding hydrogens is 273 g/mol. The van der Waals surface area contributed by atoms with E-state index in [2.05, 4.69) is 0 Å². The van der Waals surface area contributed by atoms with Crippen molar-refractivity contribution in [1.29, 1.82) is 0 Å². The number of aliphatic hydroxyl groups is 1. The number of aliphatic carboxylic acids is 1. The fraction of sp³-hybridized carbons (Fsp3) is 0.364. The number of carboxylic acid groups (broad SMARTS) is 1. The fourth-order valence-corrected chi connectivity index (χ4v) is 1.98. The summed E-state index contributed by atoms with van der Waals surface area (Å²) in [6, 6.07) is 4.62. The molecule has 7 nitrogen and oxygen atoms in total. The van der Waals surface area contributed by atoms with E-state index >= 15 is 0 Å². The van der Waals surface area contributed by atoms with Crippen LogP contribution >= 0.6 is 7.60 Å². The topological polar surface area (TPSA) is 141 Å². The molecule has 0 radical (unpaired) electrons. The van der Waals surface area contributed by atoms with Crippen LogP contribution in [0.15, 0.2) is 24.3 Å². The van der Waals surface area contributed by atoms with E-state index in [1.54, 1.807) is 6.07 Å². The van der Waals surface area contributed by atoms with Gasteiger partial charge in [0, 0.05) is 0 Å². The van der Waals surface area contributed by atoms with Gasteiger partial charge in [-0.1, -0.05) is 24.3 Å². The first-order valence-electron chi connectivity index (χ1n) is 5.41. The summed E-state index contributed by atoms with van der Waals surface area (Å²) in [7, 11) is -4.76. The van der Waals surface area contributed by atoms with E-state index in [1.165, 1.54) is 18.2 Å². The van der Waals surface area contributed by atoms with Crippen LogP contribution in [0.5, 0.6) is 0 Å². The minimum atomic E-state index is -4.76. The lowest BCUT2D eigenvalue weighted by Crippen LogP contribution is -2.32. The summed E-state index contributed by atoms with van der Waals surface area (Å²) in [5.74, 6) is -1.17. The Morgan fingerprint density at radius 2 is 2.05 bits per heavy atom. The number of hydrogen-bond donors (Lipinski definition) is 5. The summed E-state index contributed by atoms with van der Waals surface area (Å²) in [6.07, 6.45) is 0.000409. The third-order valence-corrected chi connectivity index (χ3v) is 4.21. The van der Waals surface area contributed by atoms with Gasteiger partial charge in [0.2, 0.25) is 0 Å². The number of hydrogen-bond acceptors (Lipinski definition) is 4. The number of carboxylic acids is 1. The van der Waals surface area contributed by atoms with Crippen molar-refractivity contribution in [1.82, 2.24) is 0 Å². The van der Waals surface area contributed by atoms with Gasteiger partial charge < -0.3 is 25.7 Å². The molecular formula is C11H16NO6P. The molecule has 0 spiro atoms. The summed E-state index contributed by atoms with van der Waals surface area (Å²) < 4.78 is 11.2. The average Bonchev–Trinajstić information content (AvgIpc) is 2.27. The van der Waals surface area contributed by atoms with Crippen LogP contribution in [0.4, 0.5) is 0 Å². The Hall–Kier alpha value is -1.24. The zero-order valence-corrected chi connectivity index (χ0v) is 11.1. The van der Waals surface area contributed by atoms with E-state index < -0.39 is 24.9 Å². The second-order valence-corrected chi connectivity index (χ2v) is 6.37. The lowest BCUT2D eigenvalue weighted by molar-refractivity contribution is -0.138. The second kappa shape index (κ2) is 5.40. The molecule has 106 valence electrons. The van der Waals surface area contributed by atoms with Crippen molar-refractivity contribution in [2.45, 2.75) is 24.7 Å². The van der Waals surface area contributed by atoms with Crippen molar-refractivity contribution < 1.29 is 29.4 Å². The van der Waals surface area contributed by atoms with E-state index in [4.69, 9.17) is 20.6 Å². The van der Waals surface area contributed by atoms with Gasteiger partial charge in [-0.15, -0.1) is 0 Å². The Morgan fingerprint density at radius 3 is 2.53 bits per heavy atom. The Kier molecular flexibility index (Phi) is 4.50. The van der Waals surface area contributed by atoms with Crippen molar-refractivity contribution in [2.24, 2.45) is 5.73 Å². The molecule has 1 unspecified atom stereocenters. The molecule has 1 rings (SSSR count). The highest BCUT2D eigenvalue weighted by molar-refractivity contribution is 7.52. The summed E-state index contributed by atoms with van der Waals surface area (Å²) in [4.78, 5) is 28.9. The molecule has 1 aromatic rings. The molecule has 0 bridgehead atoms. The maximum atomic E-state index is 11.2. The van der Waals surface area contributed by atoms with E-state index in [0.29, 0.717) is 5.56 Å². The molecule has 0 aliphatic carbocycles. The summed E-state index contributed by atoms with van der Waals surface area (Å²) in [6.45, 7) is 1.00. The SMILES string of the molecule is CC(O)(c1cccc(C[C@H](N)C(=O)O)c1)P(=O)(O)O. The van der Waals surface area contributed by atoms with E-state index in [9.17, 15) is 14.5 Å². The van der Waals surface area contributed by atoms with Crippen LogP contribution in [0.3, 0.4) is 0 Å². The predicted octanol–water partition coefficient (Wildman–Crippen LogP) is -0.0163. The van der Waals surface area contributed by atoms with Crippen LogP contribution in [-0.2, 0) is 21.1 Å². The molecule has 0 aliphatic rings. The molecule has 0 saturated carbocycles. The van der Waals surface area contributed by atoms with E-state index in [0.717, 1.165) is 6.92 Å². The number of nitrogens with two attached hydrogens (primary N) is 1. The standard InChI is InChI=1S/C11H16NO6P/c1-11(15,19(16,17)18)8-4-2-3-7(5-8)6-9(12)10(13)14/h2-5,9,15H,6,12H2,1H3,(H,13,14)(H2,16,17,18)/t9-,11?/m0/s1. The predicted molar refractivity (Wildman–Crippen MR) is 67.4 cm³/mol. The van der Waals surface area contributed by atoms with Crippen molar-refractivity contribution in [2.75, 3.05) is 0 Å². The molecule has 2 atom stereocenters. The molecule has 0 saturated heterocycles. The number of carbonyl (C=O) groups is 1. The molecule has 0 amide bonds. The van der Waals surface area contributed by atoms with Crippen molar-refractivity contribution >= 4 is 13.6 Å². The quantitative estimate of drug-likeness (QED) is 0.480. The second-order valence-electron chi connectivity index (χ2n) is 4.41. The Balaban J connectivity index is 3.08. The molecule has 0 aromatic heterocycles. The molecule has 6 N–H and O–H groups in total. The third-order valence-electron chi connectivity index (χ3n) is 2.81. The summed E-state index contributed by atoms with van der Waals surface area (Å²) in [5.41, 5.74) is 5.86. The molecule has 0 heterocycles.